The molecule has 24 heavy (non-hydrogen) atoms. The summed E-state index contributed by atoms with van der Waals surface area (Å²) in [6, 6.07) is 6.33. The summed E-state index contributed by atoms with van der Waals surface area (Å²) < 4.78 is 37.9. The molecule has 2 rings (SSSR count). The Morgan fingerprint density at radius 2 is 1.75 bits per heavy atom. The number of benzene rings is 1. The summed E-state index contributed by atoms with van der Waals surface area (Å²) in [6.45, 7) is 3.63. The smallest absolute Gasteiger partial charge is 0.389 e. The summed E-state index contributed by atoms with van der Waals surface area (Å²) in [5, 5.41) is 12.6. The monoisotopic (exact) mass is 340 g/mol. The summed E-state index contributed by atoms with van der Waals surface area (Å²) in [5.41, 5.74) is 5.44. The lowest BCUT2D eigenvalue weighted by molar-refractivity contribution is -0.137. The number of nitrogens with two attached hydrogens (primary N) is 1. The quantitative estimate of drug-likeness (QED) is 0.779. The zero-order valence-corrected chi connectivity index (χ0v) is 13.4. The lowest BCUT2D eigenvalue weighted by Gasteiger charge is -2.18. The second-order valence-electron chi connectivity index (χ2n) is 6.01. The first-order valence-corrected chi connectivity index (χ1v) is 7.30. The van der Waals surface area contributed by atoms with Crippen LogP contribution in [-0.4, -0.2) is 27.2 Å². The molecule has 0 radical (unpaired) electrons. The van der Waals surface area contributed by atoms with Crippen LogP contribution in [0.15, 0.2) is 30.3 Å². The van der Waals surface area contributed by atoms with Crippen LogP contribution in [0.1, 0.15) is 25.1 Å². The minimum Gasteiger partial charge on any atom is -0.389 e. The van der Waals surface area contributed by atoms with Gasteiger partial charge in [-0.1, -0.05) is 12.1 Å². The second kappa shape index (κ2) is 6.74. The van der Waals surface area contributed by atoms with Gasteiger partial charge < -0.3 is 16.2 Å². The van der Waals surface area contributed by atoms with Gasteiger partial charge in [-0.3, -0.25) is 0 Å². The number of alkyl halides is 3. The number of halogens is 3. The van der Waals surface area contributed by atoms with E-state index in [9.17, 15) is 18.3 Å². The molecule has 0 spiro atoms. The largest absolute Gasteiger partial charge is 0.416 e. The third-order valence-corrected chi connectivity index (χ3v) is 3.18. The van der Waals surface area contributed by atoms with Crippen LogP contribution in [0.2, 0.25) is 0 Å². The van der Waals surface area contributed by atoms with Gasteiger partial charge in [0.05, 0.1) is 22.6 Å². The summed E-state index contributed by atoms with van der Waals surface area (Å²) in [4.78, 5) is 8.48. The van der Waals surface area contributed by atoms with E-state index in [1.165, 1.54) is 12.1 Å². The minimum atomic E-state index is -4.38. The first-order valence-electron chi connectivity index (χ1n) is 7.30. The molecule has 0 amide bonds. The number of nitrogens with one attached hydrogen (secondary N) is 1. The van der Waals surface area contributed by atoms with Crippen molar-refractivity contribution in [3.05, 3.63) is 41.6 Å². The zero-order chi connectivity index (χ0) is 18.0. The maximum absolute atomic E-state index is 12.6. The van der Waals surface area contributed by atoms with Gasteiger partial charge in [0.2, 0.25) is 5.95 Å². The molecule has 0 unspecified atom stereocenters. The van der Waals surface area contributed by atoms with E-state index in [2.05, 4.69) is 15.3 Å². The molecule has 0 aliphatic carbocycles. The van der Waals surface area contributed by atoms with Crippen molar-refractivity contribution in [3.63, 3.8) is 0 Å². The van der Waals surface area contributed by atoms with Gasteiger partial charge in [0.1, 0.15) is 0 Å². The molecule has 0 aliphatic heterocycles. The average molecular weight is 340 g/mol. The normalized spacial score (nSPS) is 12.3. The molecule has 0 saturated carbocycles. The third kappa shape index (κ3) is 4.90. The van der Waals surface area contributed by atoms with Crippen LogP contribution in [0.4, 0.5) is 19.1 Å². The van der Waals surface area contributed by atoms with Crippen LogP contribution < -0.4 is 11.1 Å². The van der Waals surface area contributed by atoms with Gasteiger partial charge in [-0.05, 0) is 32.0 Å². The maximum atomic E-state index is 12.6. The first kappa shape index (κ1) is 18.2. The van der Waals surface area contributed by atoms with Crippen molar-refractivity contribution in [2.45, 2.75) is 32.2 Å². The second-order valence-corrected chi connectivity index (χ2v) is 6.01. The lowest BCUT2D eigenvalue weighted by Crippen LogP contribution is -2.30. The molecule has 0 bridgehead atoms. The van der Waals surface area contributed by atoms with Gasteiger partial charge in [0.15, 0.2) is 0 Å². The van der Waals surface area contributed by atoms with Gasteiger partial charge in [-0.2, -0.15) is 13.2 Å². The van der Waals surface area contributed by atoms with Crippen molar-refractivity contribution in [2.75, 3.05) is 11.9 Å². The molecular formula is C16H19F3N4O. The molecular weight excluding hydrogens is 321 g/mol. The van der Waals surface area contributed by atoms with Gasteiger partial charge in [-0.25, -0.2) is 9.97 Å². The van der Waals surface area contributed by atoms with E-state index >= 15 is 0 Å². The molecule has 130 valence electrons. The third-order valence-electron chi connectivity index (χ3n) is 3.18. The van der Waals surface area contributed by atoms with E-state index in [1.54, 1.807) is 19.9 Å². The lowest BCUT2D eigenvalue weighted by atomic mass is 10.1. The van der Waals surface area contributed by atoms with E-state index in [4.69, 9.17) is 5.73 Å². The van der Waals surface area contributed by atoms with E-state index in [0.717, 1.165) is 12.1 Å². The van der Waals surface area contributed by atoms with Crippen LogP contribution in [0.3, 0.4) is 0 Å². The van der Waals surface area contributed by atoms with Gasteiger partial charge >= 0.3 is 6.18 Å². The van der Waals surface area contributed by atoms with Gasteiger partial charge in [0, 0.05) is 18.7 Å². The van der Waals surface area contributed by atoms with Crippen molar-refractivity contribution in [2.24, 2.45) is 5.73 Å². The molecule has 8 heteroatoms. The van der Waals surface area contributed by atoms with Crippen molar-refractivity contribution >= 4 is 5.95 Å². The van der Waals surface area contributed by atoms with Crippen LogP contribution in [0, 0.1) is 0 Å². The van der Waals surface area contributed by atoms with Crippen molar-refractivity contribution in [1.29, 1.82) is 0 Å². The molecule has 2 aromatic rings. The van der Waals surface area contributed by atoms with Crippen molar-refractivity contribution < 1.29 is 18.3 Å². The van der Waals surface area contributed by atoms with E-state index < -0.39 is 17.3 Å². The Morgan fingerprint density at radius 1 is 1.12 bits per heavy atom. The Morgan fingerprint density at radius 3 is 2.25 bits per heavy atom. The van der Waals surface area contributed by atoms with Crippen molar-refractivity contribution in [1.82, 2.24) is 9.97 Å². The number of hydrogen-bond acceptors (Lipinski definition) is 5. The van der Waals surface area contributed by atoms with E-state index in [0.29, 0.717) is 17.0 Å². The molecule has 0 saturated heterocycles. The van der Waals surface area contributed by atoms with Gasteiger partial charge in [0.25, 0.3) is 0 Å². The highest BCUT2D eigenvalue weighted by Gasteiger charge is 2.30. The summed E-state index contributed by atoms with van der Waals surface area (Å²) in [6.07, 6.45) is -4.38. The predicted molar refractivity (Wildman–Crippen MR) is 85.1 cm³/mol. The Kier molecular flexibility index (Phi) is 5.10. The standard InChI is InChI=1S/C16H19F3N4O/c1-15(2,24)9-21-14-22-12(8-20)7-13(23-14)10-3-5-11(6-4-10)16(17,18)19/h3-7,24H,8-9,20H2,1-2H3,(H,21,22,23). The van der Waals surface area contributed by atoms with Crippen LogP contribution in [0.25, 0.3) is 11.3 Å². The fraction of sp³-hybridized carbons (Fsp3) is 0.375. The highest BCUT2D eigenvalue weighted by Crippen LogP contribution is 2.30. The molecule has 1 aromatic carbocycles. The molecule has 1 heterocycles. The molecule has 0 aliphatic rings. The number of hydrogen-bond donors (Lipinski definition) is 3. The fourth-order valence-corrected chi connectivity index (χ4v) is 1.95. The summed E-state index contributed by atoms with van der Waals surface area (Å²) in [5.74, 6) is 0.259. The number of aromatic nitrogens is 2. The molecule has 0 atom stereocenters. The fourth-order valence-electron chi connectivity index (χ4n) is 1.95. The Balaban J connectivity index is 2.32. The van der Waals surface area contributed by atoms with E-state index in [-0.39, 0.29) is 19.0 Å². The number of nitrogens with zero attached hydrogens (tertiary/aromatic N) is 2. The first-order chi connectivity index (χ1) is 11.1. The molecule has 4 N–H and O–H groups in total. The Bertz CT molecular complexity index is 694. The highest BCUT2D eigenvalue weighted by molar-refractivity contribution is 5.61. The topological polar surface area (TPSA) is 84.1 Å². The van der Waals surface area contributed by atoms with Crippen LogP contribution in [-0.2, 0) is 12.7 Å². The average Bonchev–Trinajstić information content (AvgIpc) is 2.51. The maximum Gasteiger partial charge on any atom is 0.416 e. The SMILES string of the molecule is CC(C)(O)CNc1nc(CN)cc(-c2ccc(C(F)(F)F)cc2)n1. The van der Waals surface area contributed by atoms with Crippen LogP contribution >= 0.6 is 0 Å². The zero-order valence-electron chi connectivity index (χ0n) is 13.4. The minimum absolute atomic E-state index is 0.160. The highest BCUT2D eigenvalue weighted by atomic mass is 19.4. The molecule has 5 nitrogen and oxygen atoms in total. The number of aliphatic hydroxyl groups is 1. The van der Waals surface area contributed by atoms with Crippen LogP contribution in [0.5, 0.6) is 0 Å². The van der Waals surface area contributed by atoms with Crippen molar-refractivity contribution in [3.8, 4) is 11.3 Å². The van der Waals surface area contributed by atoms with E-state index in [1.807, 2.05) is 0 Å². The Labute approximate surface area is 137 Å². The molecule has 0 fully saturated rings. The Hall–Kier alpha value is -2.19. The number of rotatable bonds is 5. The number of anilines is 1. The predicted octanol–water partition coefficient (Wildman–Crippen LogP) is 2.80. The summed E-state index contributed by atoms with van der Waals surface area (Å²) in [7, 11) is 0. The summed E-state index contributed by atoms with van der Waals surface area (Å²) >= 11 is 0. The molecule has 1 aromatic heterocycles. The van der Waals surface area contributed by atoms with Gasteiger partial charge in [-0.15, -0.1) is 0 Å².